The van der Waals surface area contributed by atoms with Gasteiger partial charge in [0.2, 0.25) is 0 Å². The quantitative estimate of drug-likeness (QED) is 0.808. The molecule has 0 bridgehead atoms. The number of rotatable bonds is 1. The maximum Gasteiger partial charge on any atom is 0.254 e. The lowest BCUT2D eigenvalue weighted by Crippen LogP contribution is -2.33. The number of carbonyl (C=O) groups is 1. The zero-order valence-electron chi connectivity index (χ0n) is 11.8. The molecule has 0 saturated carbocycles. The Morgan fingerprint density at radius 2 is 2.25 bits per heavy atom. The van der Waals surface area contributed by atoms with E-state index in [0.717, 1.165) is 13.0 Å². The van der Waals surface area contributed by atoms with E-state index in [1.807, 2.05) is 4.90 Å². The molecule has 0 spiro atoms. The maximum atomic E-state index is 12.5. The van der Waals surface area contributed by atoms with Crippen molar-refractivity contribution in [3.8, 4) is 11.8 Å². The van der Waals surface area contributed by atoms with Crippen molar-refractivity contribution in [2.24, 2.45) is 11.7 Å². The largest absolute Gasteiger partial charge is 0.336 e. The van der Waals surface area contributed by atoms with E-state index in [0.29, 0.717) is 28.6 Å². The van der Waals surface area contributed by atoms with Gasteiger partial charge < -0.3 is 10.6 Å². The molecule has 2 atom stereocenters. The fourth-order valence-corrected chi connectivity index (χ4v) is 2.87. The predicted octanol–water partition coefficient (Wildman–Crippen LogP) is 2.52. The van der Waals surface area contributed by atoms with Gasteiger partial charge in [0.1, 0.15) is 0 Å². The number of hydrogen-bond acceptors (Lipinski definition) is 2. The molecule has 20 heavy (non-hydrogen) atoms. The highest BCUT2D eigenvalue weighted by atomic mass is 35.5. The van der Waals surface area contributed by atoms with E-state index in [2.05, 4.69) is 25.7 Å². The first-order valence-corrected chi connectivity index (χ1v) is 7.20. The molecular formula is C16H19ClN2O. The van der Waals surface area contributed by atoms with Crippen LogP contribution in [0.4, 0.5) is 0 Å². The molecule has 1 heterocycles. The first kappa shape index (κ1) is 14.9. The molecule has 0 radical (unpaired) electrons. The number of carbonyl (C=O) groups excluding carboxylic acids is 1. The molecule has 2 rings (SSSR count). The van der Waals surface area contributed by atoms with Crippen LogP contribution >= 0.6 is 11.6 Å². The van der Waals surface area contributed by atoms with Gasteiger partial charge in [-0.25, -0.2) is 0 Å². The van der Waals surface area contributed by atoms with Crippen LogP contribution < -0.4 is 5.73 Å². The molecule has 4 heteroatoms. The second-order valence-corrected chi connectivity index (χ2v) is 5.76. The SMILES string of the molecule is CC1CC(C)N(C(=O)c2ccc(C#CCN)c(Cl)c2)C1. The van der Waals surface area contributed by atoms with Gasteiger partial charge in [0.05, 0.1) is 11.6 Å². The van der Waals surface area contributed by atoms with Gasteiger partial charge in [-0.15, -0.1) is 0 Å². The molecule has 3 nitrogen and oxygen atoms in total. The Morgan fingerprint density at radius 3 is 2.80 bits per heavy atom. The summed E-state index contributed by atoms with van der Waals surface area (Å²) in [5.41, 5.74) is 6.66. The predicted molar refractivity (Wildman–Crippen MR) is 81.7 cm³/mol. The van der Waals surface area contributed by atoms with E-state index >= 15 is 0 Å². The molecule has 1 amide bonds. The van der Waals surface area contributed by atoms with Gasteiger partial charge in [-0.1, -0.05) is 30.4 Å². The van der Waals surface area contributed by atoms with Crippen LogP contribution in [-0.2, 0) is 0 Å². The summed E-state index contributed by atoms with van der Waals surface area (Å²) >= 11 is 6.17. The zero-order chi connectivity index (χ0) is 14.7. The van der Waals surface area contributed by atoms with Crippen molar-refractivity contribution in [1.29, 1.82) is 0 Å². The zero-order valence-corrected chi connectivity index (χ0v) is 12.6. The molecule has 1 aromatic rings. The minimum atomic E-state index is 0.0436. The van der Waals surface area contributed by atoms with E-state index < -0.39 is 0 Å². The number of amides is 1. The Bertz CT molecular complexity index is 574. The molecule has 1 aliphatic rings. The summed E-state index contributed by atoms with van der Waals surface area (Å²) in [5.74, 6) is 6.25. The fourth-order valence-electron chi connectivity index (χ4n) is 2.64. The van der Waals surface area contributed by atoms with Gasteiger partial charge in [-0.3, -0.25) is 4.79 Å². The van der Waals surface area contributed by atoms with Crippen LogP contribution in [-0.4, -0.2) is 29.9 Å². The second-order valence-electron chi connectivity index (χ2n) is 5.35. The Morgan fingerprint density at radius 1 is 1.50 bits per heavy atom. The normalized spacial score (nSPS) is 21.5. The van der Waals surface area contributed by atoms with Crippen molar-refractivity contribution in [3.63, 3.8) is 0 Å². The highest BCUT2D eigenvalue weighted by molar-refractivity contribution is 6.32. The third-order valence-electron chi connectivity index (χ3n) is 3.59. The van der Waals surface area contributed by atoms with Crippen molar-refractivity contribution >= 4 is 17.5 Å². The van der Waals surface area contributed by atoms with Gasteiger partial charge in [-0.2, -0.15) is 0 Å². The Hall–Kier alpha value is -1.50. The summed E-state index contributed by atoms with van der Waals surface area (Å²) in [6.45, 7) is 5.36. The molecule has 0 aromatic heterocycles. The topological polar surface area (TPSA) is 46.3 Å². The lowest BCUT2D eigenvalue weighted by molar-refractivity contribution is 0.0744. The summed E-state index contributed by atoms with van der Waals surface area (Å²) < 4.78 is 0. The first-order valence-electron chi connectivity index (χ1n) is 6.82. The third kappa shape index (κ3) is 3.15. The van der Waals surface area contributed by atoms with E-state index in [-0.39, 0.29) is 11.9 Å². The standard InChI is InChI=1S/C16H19ClN2O/c1-11-8-12(2)19(10-11)16(20)14-6-5-13(4-3-7-18)15(17)9-14/h5-6,9,11-12H,7-8,10,18H2,1-2H3. The van der Waals surface area contributed by atoms with Gasteiger partial charge in [-0.05, 0) is 37.5 Å². The minimum Gasteiger partial charge on any atom is -0.336 e. The van der Waals surface area contributed by atoms with E-state index in [4.69, 9.17) is 17.3 Å². The van der Waals surface area contributed by atoms with Crippen molar-refractivity contribution in [1.82, 2.24) is 4.90 Å². The monoisotopic (exact) mass is 290 g/mol. The maximum absolute atomic E-state index is 12.5. The van der Waals surface area contributed by atoms with Crippen molar-refractivity contribution in [2.75, 3.05) is 13.1 Å². The smallest absolute Gasteiger partial charge is 0.254 e. The summed E-state index contributed by atoms with van der Waals surface area (Å²) in [5, 5.41) is 0.497. The lowest BCUT2D eigenvalue weighted by atomic mass is 10.1. The lowest BCUT2D eigenvalue weighted by Gasteiger charge is -2.21. The molecule has 106 valence electrons. The second kappa shape index (κ2) is 6.30. The van der Waals surface area contributed by atoms with Crippen LogP contribution in [0.3, 0.4) is 0 Å². The molecule has 1 saturated heterocycles. The molecular weight excluding hydrogens is 272 g/mol. The van der Waals surface area contributed by atoms with Crippen LogP contribution in [0.25, 0.3) is 0 Å². The van der Waals surface area contributed by atoms with Gasteiger partial charge in [0, 0.05) is 23.7 Å². The van der Waals surface area contributed by atoms with E-state index in [9.17, 15) is 4.79 Å². The summed E-state index contributed by atoms with van der Waals surface area (Å²) in [6, 6.07) is 5.54. The van der Waals surface area contributed by atoms with Gasteiger partial charge in [0.25, 0.3) is 5.91 Å². The number of nitrogens with two attached hydrogens (primary N) is 1. The summed E-state index contributed by atoms with van der Waals surface area (Å²) in [6.07, 6.45) is 1.06. The number of nitrogens with zero attached hydrogens (tertiary/aromatic N) is 1. The molecule has 1 fully saturated rings. The Labute approximate surface area is 125 Å². The van der Waals surface area contributed by atoms with Crippen molar-refractivity contribution < 1.29 is 4.79 Å². The Balaban J connectivity index is 2.21. The van der Waals surface area contributed by atoms with E-state index in [1.165, 1.54) is 0 Å². The number of halogens is 1. The Kier molecular flexibility index (Phi) is 4.69. The van der Waals surface area contributed by atoms with Gasteiger partial charge >= 0.3 is 0 Å². The third-order valence-corrected chi connectivity index (χ3v) is 3.90. The van der Waals surface area contributed by atoms with E-state index in [1.54, 1.807) is 18.2 Å². The van der Waals surface area contributed by atoms with Gasteiger partial charge in [0.15, 0.2) is 0 Å². The number of likely N-dealkylation sites (tertiary alicyclic amines) is 1. The highest BCUT2D eigenvalue weighted by Crippen LogP contribution is 2.25. The number of hydrogen-bond donors (Lipinski definition) is 1. The van der Waals surface area contributed by atoms with Crippen molar-refractivity contribution in [3.05, 3.63) is 34.3 Å². The van der Waals surface area contributed by atoms with Crippen molar-refractivity contribution in [2.45, 2.75) is 26.3 Å². The fraction of sp³-hybridized carbons (Fsp3) is 0.438. The van der Waals surface area contributed by atoms with Crippen LogP contribution in [0.5, 0.6) is 0 Å². The van der Waals surface area contributed by atoms with Crippen LogP contribution in [0.1, 0.15) is 36.2 Å². The molecule has 0 aliphatic carbocycles. The first-order chi connectivity index (χ1) is 9.52. The highest BCUT2D eigenvalue weighted by Gasteiger charge is 2.30. The molecule has 2 N–H and O–H groups in total. The van der Waals surface area contributed by atoms with Crippen LogP contribution in [0.15, 0.2) is 18.2 Å². The summed E-state index contributed by atoms with van der Waals surface area (Å²) in [7, 11) is 0. The van der Waals surface area contributed by atoms with Crippen LogP contribution in [0.2, 0.25) is 5.02 Å². The molecule has 1 aliphatic heterocycles. The summed E-state index contributed by atoms with van der Waals surface area (Å²) in [4.78, 5) is 14.4. The molecule has 1 aromatic carbocycles. The van der Waals surface area contributed by atoms with Crippen LogP contribution in [0, 0.1) is 17.8 Å². The molecule has 2 unspecified atom stereocenters. The minimum absolute atomic E-state index is 0.0436. The average Bonchev–Trinajstić information content (AvgIpc) is 2.75. The number of benzene rings is 1. The average molecular weight is 291 g/mol.